The molecule has 0 aliphatic heterocycles. The van der Waals surface area contributed by atoms with Crippen LogP contribution in [-0.4, -0.2) is 23.0 Å². The van der Waals surface area contributed by atoms with E-state index in [0.29, 0.717) is 18.4 Å². The zero-order chi connectivity index (χ0) is 13.7. The lowest BCUT2D eigenvalue weighted by Gasteiger charge is -2.13. The van der Waals surface area contributed by atoms with E-state index in [4.69, 9.17) is 5.11 Å². The lowest BCUT2D eigenvalue weighted by Crippen LogP contribution is -2.40. The quantitative estimate of drug-likeness (QED) is 0.844. The second-order valence-corrected chi connectivity index (χ2v) is 4.12. The molecule has 0 bridgehead atoms. The first kappa shape index (κ1) is 14.2. The third kappa shape index (κ3) is 3.55. The Morgan fingerprint density at radius 3 is 2.61 bits per heavy atom. The molecular formula is C13H16FNO3. The van der Waals surface area contributed by atoms with Crippen LogP contribution in [0, 0.1) is 12.7 Å². The number of aryl methyl sites for hydroxylation is 1. The van der Waals surface area contributed by atoms with E-state index in [1.165, 1.54) is 18.2 Å². The van der Waals surface area contributed by atoms with Crippen LogP contribution in [0.4, 0.5) is 4.39 Å². The fraction of sp³-hybridized carbons (Fsp3) is 0.385. The van der Waals surface area contributed by atoms with Gasteiger partial charge in [-0.25, -0.2) is 9.18 Å². The van der Waals surface area contributed by atoms with E-state index in [0.717, 1.165) is 0 Å². The molecule has 18 heavy (non-hydrogen) atoms. The number of benzene rings is 1. The molecule has 1 aromatic rings. The van der Waals surface area contributed by atoms with E-state index in [1.807, 2.05) is 6.92 Å². The summed E-state index contributed by atoms with van der Waals surface area (Å²) < 4.78 is 13.0. The molecule has 0 saturated carbocycles. The fourth-order valence-electron chi connectivity index (χ4n) is 1.57. The van der Waals surface area contributed by atoms with Crippen molar-refractivity contribution in [3.63, 3.8) is 0 Å². The maximum atomic E-state index is 13.0. The first-order chi connectivity index (χ1) is 8.45. The standard InChI is InChI=1S/C13H16FNO3/c1-3-4-11(13(17)18)15-12(16)9-5-6-10(14)8(2)7-9/h5-7,11H,3-4H2,1-2H3,(H,15,16)(H,17,18). The summed E-state index contributed by atoms with van der Waals surface area (Å²) in [6.07, 6.45) is 1.01. The number of hydrogen-bond donors (Lipinski definition) is 2. The average molecular weight is 253 g/mol. The second-order valence-electron chi connectivity index (χ2n) is 4.12. The maximum absolute atomic E-state index is 13.0. The first-order valence-corrected chi connectivity index (χ1v) is 5.75. The zero-order valence-electron chi connectivity index (χ0n) is 10.4. The van der Waals surface area contributed by atoms with Gasteiger partial charge < -0.3 is 10.4 Å². The van der Waals surface area contributed by atoms with Gasteiger partial charge in [-0.2, -0.15) is 0 Å². The molecule has 0 aliphatic carbocycles. The van der Waals surface area contributed by atoms with Crippen molar-refractivity contribution >= 4 is 11.9 Å². The highest BCUT2D eigenvalue weighted by atomic mass is 19.1. The first-order valence-electron chi connectivity index (χ1n) is 5.75. The smallest absolute Gasteiger partial charge is 0.326 e. The molecule has 1 amide bonds. The minimum Gasteiger partial charge on any atom is -0.480 e. The largest absolute Gasteiger partial charge is 0.480 e. The summed E-state index contributed by atoms with van der Waals surface area (Å²) in [5, 5.41) is 11.3. The highest BCUT2D eigenvalue weighted by Crippen LogP contribution is 2.10. The minimum atomic E-state index is -1.07. The molecule has 0 aliphatic rings. The Morgan fingerprint density at radius 1 is 1.44 bits per heavy atom. The molecule has 1 aromatic carbocycles. The maximum Gasteiger partial charge on any atom is 0.326 e. The molecule has 0 saturated heterocycles. The van der Waals surface area contributed by atoms with Crippen LogP contribution in [0.1, 0.15) is 35.7 Å². The predicted molar refractivity (Wildman–Crippen MR) is 64.9 cm³/mol. The topological polar surface area (TPSA) is 66.4 Å². The summed E-state index contributed by atoms with van der Waals surface area (Å²) in [6.45, 7) is 3.39. The Labute approximate surface area is 105 Å². The van der Waals surface area contributed by atoms with Gasteiger partial charge in [0.05, 0.1) is 0 Å². The number of halogens is 1. The predicted octanol–water partition coefficient (Wildman–Crippen LogP) is 2.12. The summed E-state index contributed by atoms with van der Waals surface area (Å²) in [5.74, 6) is -1.96. The van der Waals surface area contributed by atoms with Gasteiger partial charge in [-0.05, 0) is 37.1 Å². The molecule has 0 fully saturated rings. The molecular weight excluding hydrogens is 237 g/mol. The molecule has 0 radical (unpaired) electrons. The van der Waals surface area contributed by atoms with Crippen LogP contribution in [0.5, 0.6) is 0 Å². The second kappa shape index (κ2) is 6.14. The summed E-state index contributed by atoms with van der Waals surface area (Å²) in [4.78, 5) is 22.7. The van der Waals surface area contributed by atoms with E-state index >= 15 is 0 Å². The van der Waals surface area contributed by atoms with Crippen LogP contribution in [-0.2, 0) is 4.79 Å². The zero-order valence-corrected chi connectivity index (χ0v) is 10.4. The number of rotatable bonds is 5. The van der Waals surface area contributed by atoms with Gasteiger partial charge >= 0.3 is 5.97 Å². The minimum absolute atomic E-state index is 0.260. The highest BCUT2D eigenvalue weighted by molar-refractivity contribution is 5.96. The Kier molecular flexibility index (Phi) is 4.83. The molecule has 1 unspecified atom stereocenters. The van der Waals surface area contributed by atoms with Crippen molar-refractivity contribution in [2.45, 2.75) is 32.7 Å². The molecule has 0 heterocycles. The van der Waals surface area contributed by atoms with Crippen molar-refractivity contribution in [3.05, 3.63) is 35.1 Å². The van der Waals surface area contributed by atoms with Gasteiger partial charge in [0.1, 0.15) is 11.9 Å². The fourth-order valence-corrected chi connectivity index (χ4v) is 1.57. The summed E-state index contributed by atoms with van der Waals surface area (Å²) in [7, 11) is 0. The Bertz CT molecular complexity index is 460. The van der Waals surface area contributed by atoms with Crippen molar-refractivity contribution in [1.29, 1.82) is 0 Å². The average Bonchev–Trinajstić information content (AvgIpc) is 2.31. The van der Waals surface area contributed by atoms with E-state index in [1.54, 1.807) is 6.92 Å². The number of carbonyl (C=O) groups is 2. The van der Waals surface area contributed by atoms with Crippen LogP contribution in [0.2, 0.25) is 0 Å². The molecule has 1 rings (SSSR count). The Morgan fingerprint density at radius 2 is 2.11 bits per heavy atom. The number of hydrogen-bond acceptors (Lipinski definition) is 2. The number of nitrogens with one attached hydrogen (secondary N) is 1. The summed E-state index contributed by atoms with van der Waals surface area (Å²) in [5.41, 5.74) is 0.612. The van der Waals surface area contributed by atoms with Gasteiger partial charge in [-0.15, -0.1) is 0 Å². The van der Waals surface area contributed by atoms with Gasteiger partial charge in [-0.3, -0.25) is 4.79 Å². The van der Waals surface area contributed by atoms with Gasteiger partial charge in [0.15, 0.2) is 0 Å². The van der Waals surface area contributed by atoms with Crippen molar-refractivity contribution < 1.29 is 19.1 Å². The van der Waals surface area contributed by atoms with Crippen molar-refractivity contribution in [2.75, 3.05) is 0 Å². The van der Waals surface area contributed by atoms with Gasteiger partial charge in [0.25, 0.3) is 5.91 Å². The summed E-state index contributed by atoms with van der Waals surface area (Å²) >= 11 is 0. The van der Waals surface area contributed by atoms with Crippen molar-refractivity contribution in [3.8, 4) is 0 Å². The van der Waals surface area contributed by atoms with Crippen molar-refractivity contribution in [1.82, 2.24) is 5.32 Å². The van der Waals surface area contributed by atoms with E-state index in [-0.39, 0.29) is 5.56 Å². The normalized spacial score (nSPS) is 11.9. The van der Waals surface area contributed by atoms with Gasteiger partial charge in [-0.1, -0.05) is 13.3 Å². The molecule has 0 spiro atoms. The van der Waals surface area contributed by atoms with Crippen LogP contribution in [0.25, 0.3) is 0 Å². The Hall–Kier alpha value is -1.91. The van der Waals surface area contributed by atoms with E-state index in [2.05, 4.69) is 5.32 Å². The van der Waals surface area contributed by atoms with Gasteiger partial charge in [0.2, 0.25) is 0 Å². The lowest BCUT2D eigenvalue weighted by molar-refractivity contribution is -0.139. The van der Waals surface area contributed by atoms with Crippen molar-refractivity contribution in [2.24, 2.45) is 0 Å². The van der Waals surface area contributed by atoms with E-state index < -0.39 is 23.7 Å². The Balaban J connectivity index is 2.80. The van der Waals surface area contributed by atoms with Crippen LogP contribution in [0.3, 0.4) is 0 Å². The summed E-state index contributed by atoms with van der Waals surface area (Å²) in [6, 6.07) is 3.02. The number of amides is 1. The van der Waals surface area contributed by atoms with Gasteiger partial charge in [0, 0.05) is 5.56 Å². The van der Waals surface area contributed by atoms with Crippen LogP contribution >= 0.6 is 0 Å². The molecule has 1 atom stereocenters. The molecule has 5 heteroatoms. The highest BCUT2D eigenvalue weighted by Gasteiger charge is 2.19. The third-order valence-electron chi connectivity index (χ3n) is 2.60. The number of carboxylic acid groups (broad SMARTS) is 1. The van der Waals surface area contributed by atoms with E-state index in [9.17, 15) is 14.0 Å². The third-order valence-corrected chi connectivity index (χ3v) is 2.60. The number of aliphatic carboxylic acids is 1. The van der Waals surface area contributed by atoms with Crippen LogP contribution in [0.15, 0.2) is 18.2 Å². The lowest BCUT2D eigenvalue weighted by atomic mass is 10.1. The monoisotopic (exact) mass is 253 g/mol. The molecule has 2 N–H and O–H groups in total. The molecule has 4 nitrogen and oxygen atoms in total. The number of carbonyl (C=O) groups excluding carboxylic acids is 1. The molecule has 98 valence electrons. The molecule has 0 aromatic heterocycles. The number of carboxylic acids is 1. The van der Waals surface area contributed by atoms with Crippen LogP contribution < -0.4 is 5.32 Å². The SMILES string of the molecule is CCCC(NC(=O)c1ccc(F)c(C)c1)C(=O)O.